The first-order valence-corrected chi connectivity index (χ1v) is 7.24. The molecule has 0 aliphatic carbocycles. The molecule has 1 saturated heterocycles. The molecule has 0 aromatic carbocycles. The number of carboxylic acids is 1. The maximum absolute atomic E-state index is 12.2. The summed E-state index contributed by atoms with van der Waals surface area (Å²) in [6, 6.07) is 3.72. The molecule has 1 aromatic rings. The van der Waals surface area contributed by atoms with E-state index >= 15 is 0 Å². The molecule has 0 spiro atoms. The number of rotatable bonds is 5. The Balaban J connectivity index is 1.87. The van der Waals surface area contributed by atoms with Gasteiger partial charge in [0.25, 0.3) is 0 Å². The lowest BCUT2D eigenvalue weighted by Gasteiger charge is -2.32. The van der Waals surface area contributed by atoms with Crippen LogP contribution in [0, 0.1) is 5.92 Å². The van der Waals surface area contributed by atoms with E-state index in [4.69, 9.17) is 5.11 Å². The van der Waals surface area contributed by atoms with E-state index in [9.17, 15) is 9.59 Å². The van der Waals surface area contributed by atoms with E-state index in [0.717, 1.165) is 24.9 Å². The summed E-state index contributed by atoms with van der Waals surface area (Å²) in [5, 5.41) is 8.73. The van der Waals surface area contributed by atoms with Gasteiger partial charge in [-0.2, -0.15) is 0 Å². The van der Waals surface area contributed by atoms with Gasteiger partial charge < -0.3 is 10.0 Å². The summed E-state index contributed by atoms with van der Waals surface area (Å²) in [5.41, 5.74) is 0.894. The van der Waals surface area contributed by atoms with Gasteiger partial charge in [-0.15, -0.1) is 0 Å². The smallest absolute Gasteiger partial charge is 0.303 e. The number of carbonyl (C=O) groups excluding carboxylic acids is 1. The largest absolute Gasteiger partial charge is 0.481 e. The number of hydrogen-bond donors (Lipinski definition) is 1. The number of likely N-dealkylation sites (tertiary alicyclic amines) is 1. The number of amides is 1. The van der Waals surface area contributed by atoms with Crippen molar-refractivity contribution < 1.29 is 14.7 Å². The second-order valence-electron chi connectivity index (χ2n) is 5.34. The SMILES string of the molecule is O=C(O)CC[C@H]1CCCN(C(=O)/C=C/c2cccnc2)C1. The fraction of sp³-hybridized carbons (Fsp3) is 0.438. The predicted molar refractivity (Wildman–Crippen MR) is 79.4 cm³/mol. The van der Waals surface area contributed by atoms with Crippen molar-refractivity contribution in [2.75, 3.05) is 13.1 Å². The molecular formula is C16H20N2O3. The Hall–Kier alpha value is -2.17. The maximum Gasteiger partial charge on any atom is 0.303 e. The highest BCUT2D eigenvalue weighted by Crippen LogP contribution is 2.21. The van der Waals surface area contributed by atoms with Crippen LogP contribution in [0.3, 0.4) is 0 Å². The Bertz CT molecular complexity index is 514. The van der Waals surface area contributed by atoms with Crippen LogP contribution >= 0.6 is 0 Å². The summed E-state index contributed by atoms with van der Waals surface area (Å²) >= 11 is 0. The zero-order valence-corrected chi connectivity index (χ0v) is 11.9. The molecule has 1 fully saturated rings. The summed E-state index contributed by atoms with van der Waals surface area (Å²) in [4.78, 5) is 28.6. The van der Waals surface area contributed by atoms with Gasteiger partial charge in [0, 0.05) is 38.0 Å². The first kappa shape index (κ1) is 15.2. The van der Waals surface area contributed by atoms with Gasteiger partial charge in [0.15, 0.2) is 0 Å². The van der Waals surface area contributed by atoms with Crippen molar-refractivity contribution in [3.8, 4) is 0 Å². The molecule has 0 radical (unpaired) electrons. The van der Waals surface area contributed by atoms with Crippen molar-refractivity contribution in [1.29, 1.82) is 0 Å². The van der Waals surface area contributed by atoms with Crippen LogP contribution in [0.5, 0.6) is 0 Å². The molecule has 1 aromatic heterocycles. The summed E-state index contributed by atoms with van der Waals surface area (Å²) in [5.74, 6) is -0.487. The highest BCUT2D eigenvalue weighted by Gasteiger charge is 2.22. The van der Waals surface area contributed by atoms with Crippen LogP contribution in [0.4, 0.5) is 0 Å². The van der Waals surface area contributed by atoms with E-state index in [2.05, 4.69) is 4.98 Å². The first-order chi connectivity index (χ1) is 10.1. The van der Waals surface area contributed by atoms with Gasteiger partial charge in [-0.1, -0.05) is 6.07 Å². The van der Waals surface area contributed by atoms with Crippen molar-refractivity contribution in [3.63, 3.8) is 0 Å². The van der Waals surface area contributed by atoms with Gasteiger partial charge in [0.1, 0.15) is 0 Å². The van der Waals surface area contributed by atoms with Gasteiger partial charge in [-0.3, -0.25) is 14.6 Å². The number of aliphatic carboxylic acids is 1. The van der Waals surface area contributed by atoms with Crippen molar-refractivity contribution in [2.24, 2.45) is 5.92 Å². The minimum Gasteiger partial charge on any atom is -0.481 e. The fourth-order valence-electron chi connectivity index (χ4n) is 2.58. The van der Waals surface area contributed by atoms with Gasteiger partial charge in [-0.25, -0.2) is 0 Å². The number of nitrogens with zero attached hydrogens (tertiary/aromatic N) is 2. The van der Waals surface area contributed by atoms with Gasteiger partial charge >= 0.3 is 5.97 Å². The van der Waals surface area contributed by atoms with Crippen LogP contribution in [-0.4, -0.2) is 40.0 Å². The first-order valence-electron chi connectivity index (χ1n) is 7.24. The van der Waals surface area contributed by atoms with E-state index in [-0.39, 0.29) is 12.3 Å². The highest BCUT2D eigenvalue weighted by molar-refractivity contribution is 5.91. The van der Waals surface area contributed by atoms with E-state index in [1.807, 2.05) is 17.0 Å². The molecule has 1 aliphatic heterocycles. The zero-order chi connectivity index (χ0) is 15.1. The average molecular weight is 288 g/mol. The number of pyridine rings is 1. The Morgan fingerprint density at radius 3 is 3.05 bits per heavy atom. The Kier molecular flexibility index (Phi) is 5.49. The number of hydrogen-bond acceptors (Lipinski definition) is 3. The van der Waals surface area contributed by atoms with Crippen LogP contribution in [0.25, 0.3) is 6.08 Å². The Morgan fingerprint density at radius 1 is 1.48 bits per heavy atom. The third-order valence-electron chi connectivity index (χ3n) is 3.70. The molecule has 1 amide bonds. The molecule has 2 heterocycles. The molecule has 1 aliphatic rings. The third-order valence-corrected chi connectivity index (χ3v) is 3.70. The maximum atomic E-state index is 12.2. The molecule has 112 valence electrons. The minimum atomic E-state index is -0.769. The van der Waals surface area contributed by atoms with E-state index in [1.165, 1.54) is 0 Å². The molecule has 1 atom stereocenters. The average Bonchev–Trinajstić information content (AvgIpc) is 2.52. The standard InChI is InChI=1S/C16H20N2O3/c19-15(7-5-13-3-1-9-17-11-13)18-10-2-4-14(12-18)6-8-16(20)21/h1,3,5,7,9,11,14H,2,4,6,8,10,12H2,(H,20,21)/b7-5+/t14-/m1/s1. The third kappa shape index (κ3) is 5.02. The van der Waals surface area contributed by atoms with E-state index in [0.29, 0.717) is 18.9 Å². The molecule has 0 saturated carbocycles. The summed E-state index contributed by atoms with van der Waals surface area (Å²) in [7, 11) is 0. The lowest BCUT2D eigenvalue weighted by atomic mass is 9.93. The monoisotopic (exact) mass is 288 g/mol. The van der Waals surface area contributed by atoms with Crippen LogP contribution in [0.15, 0.2) is 30.6 Å². The predicted octanol–water partition coefficient (Wildman–Crippen LogP) is 2.20. The van der Waals surface area contributed by atoms with Gasteiger partial charge in [0.2, 0.25) is 5.91 Å². The fourth-order valence-corrected chi connectivity index (χ4v) is 2.58. The van der Waals surface area contributed by atoms with Crippen molar-refractivity contribution in [1.82, 2.24) is 9.88 Å². The minimum absolute atomic E-state index is 0.0149. The molecular weight excluding hydrogens is 268 g/mol. The van der Waals surface area contributed by atoms with Crippen molar-refractivity contribution in [3.05, 3.63) is 36.2 Å². The number of aromatic nitrogens is 1. The highest BCUT2D eigenvalue weighted by atomic mass is 16.4. The lowest BCUT2D eigenvalue weighted by Crippen LogP contribution is -2.39. The molecule has 5 heteroatoms. The van der Waals surface area contributed by atoms with Crippen LogP contribution < -0.4 is 0 Å². The molecule has 0 unspecified atom stereocenters. The Labute approximate surface area is 124 Å². The van der Waals surface area contributed by atoms with Gasteiger partial charge in [0.05, 0.1) is 0 Å². The number of piperidine rings is 1. The molecule has 2 rings (SSSR count). The van der Waals surface area contributed by atoms with Crippen LogP contribution in [0.2, 0.25) is 0 Å². The normalized spacial score (nSPS) is 18.9. The van der Waals surface area contributed by atoms with Crippen LogP contribution in [0.1, 0.15) is 31.2 Å². The van der Waals surface area contributed by atoms with Crippen LogP contribution in [-0.2, 0) is 9.59 Å². The lowest BCUT2D eigenvalue weighted by molar-refractivity contribution is -0.137. The second kappa shape index (κ2) is 7.57. The molecule has 5 nitrogen and oxygen atoms in total. The zero-order valence-electron chi connectivity index (χ0n) is 11.9. The molecule has 21 heavy (non-hydrogen) atoms. The van der Waals surface area contributed by atoms with E-state index < -0.39 is 5.97 Å². The Morgan fingerprint density at radius 2 is 2.33 bits per heavy atom. The quantitative estimate of drug-likeness (QED) is 0.843. The molecule has 1 N–H and O–H groups in total. The molecule has 0 bridgehead atoms. The number of carboxylic acid groups (broad SMARTS) is 1. The van der Waals surface area contributed by atoms with Crippen molar-refractivity contribution >= 4 is 18.0 Å². The topological polar surface area (TPSA) is 70.5 Å². The second-order valence-corrected chi connectivity index (χ2v) is 5.34. The summed E-state index contributed by atoms with van der Waals surface area (Å²) in [6.45, 7) is 1.41. The van der Waals surface area contributed by atoms with Crippen molar-refractivity contribution in [2.45, 2.75) is 25.7 Å². The summed E-state index contributed by atoms with van der Waals surface area (Å²) < 4.78 is 0. The van der Waals surface area contributed by atoms with E-state index in [1.54, 1.807) is 24.5 Å². The number of carbonyl (C=O) groups is 2. The summed E-state index contributed by atoms with van der Waals surface area (Å²) in [6.07, 6.45) is 9.49. The van der Waals surface area contributed by atoms with Gasteiger partial charge in [-0.05, 0) is 42.9 Å².